The third kappa shape index (κ3) is 4.98. The Morgan fingerprint density at radius 2 is 1.63 bits per heavy atom. The summed E-state index contributed by atoms with van der Waals surface area (Å²) in [6.45, 7) is 8.14. The van der Waals surface area contributed by atoms with Crippen molar-refractivity contribution < 1.29 is 22.5 Å². The smallest absolute Gasteiger partial charge is 0.243 e. The molecule has 35 heavy (non-hydrogen) atoms. The molecule has 1 aliphatic heterocycles. The molecule has 0 saturated carbocycles. The van der Waals surface area contributed by atoms with Crippen LogP contribution in [0.4, 0.5) is 11.6 Å². The highest BCUT2D eigenvalue weighted by Crippen LogP contribution is 2.34. The van der Waals surface area contributed by atoms with E-state index in [2.05, 4.69) is 15.4 Å². The third-order valence-electron chi connectivity index (χ3n) is 6.12. The number of hydrogen-bond acceptors (Lipinski definition) is 7. The summed E-state index contributed by atoms with van der Waals surface area (Å²) in [6.07, 6.45) is 0. The van der Waals surface area contributed by atoms with E-state index < -0.39 is 10.0 Å². The molecule has 0 radical (unpaired) electrons. The highest BCUT2D eigenvalue weighted by atomic mass is 32.2. The van der Waals surface area contributed by atoms with Gasteiger partial charge in [-0.3, -0.25) is 14.9 Å². The average molecular weight is 497 g/mol. The molecule has 4 rings (SSSR count). The lowest BCUT2D eigenvalue weighted by molar-refractivity contribution is -0.114. The first-order valence-corrected chi connectivity index (χ1v) is 12.7. The van der Waals surface area contributed by atoms with Crippen LogP contribution in [0.3, 0.4) is 0 Å². The van der Waals surface area contributed by atoms with Crippen molar-refractivity contribution in [2.75, 3.05) is 36.4 Å². The highest BCUT2D eigenvalue weighted by Gasteiger charge is 2.30. The maximum atomic E-state index is 13.6. The van der Waals surface area contributed by atoms with Crippen molar-refractivity contribution in [3.8, 4) is 11.1 Å². The van der Waals surface area contributed by atoms with Gasteiger partial charge >= 0.3 is 0 Å². The van der Waals surface area contributed by atoms with E-state index in [1.54, 1.807) is 44.2 Å². The summed E-state index contributed by atoms with van der Waals surface area (Å²) in [6, 6.07) is 12.5. The Morgan fingerprint density at radius 3 is 2.23 bits per heavy atom. The van der Waals surface area contributed by atoms with Crippen LogP contribution in [0.15, 0.2) is 51.9 Å². The number of rotatable bonds is 6. The minimum absolute atomic E-state index is 0.00986. The van der Waals surface area contributed by atoms with Gasteiger partial charge in [0.25, 0.3) is 0 Å². The molecule has 1 saturated heterocycles. The number of nitrogens with one attached hydrogen (secondary N) is 1. The second-order valence-corrected chi connectivity index (χ2v) is 10.5. The van der Waals surface area contributed by atoms with Crippen molar-refractivity contribution in [1.29, 1.82) is 0 Å². The first-order chi connectivity index (χ1) is 16.6. The normalized spacial score (nSPS) is 14.7. The Hall–Kier alpha value is -3.50. The second-order valence-electron chi connectivity index (χ2n) is 8.63. The van der Waals surface area contributed by atoms with Gasteiger partial charge in [-0.05, 0) is 62.2 Å². The molecule has 10 heteroatoms. The van der Waals surface area contributed by atoms with Crippen molar-refractivity contribution >= 4 is 33.3 Å². The van der Waals surface area contributed by atoms with E-state index in [9.17, 15) is 18.0 Å². The molecule has 2 aromatic carbocycles. The zero-order valence-corrected chi connectivity index (χ0v) is 21.0. The van der Waals surface area contributed by atoms with E-state index in [4.69, 9.17) is 4.52 Å². The van der Waals surface area contributed by atoms with Crippen molar-refractivity contribution in [3.05, 3.63) is 59.3 Å². The molecule has 1 aliphatic rings. The second kappa shape index (κ2) is 9.63. The molecule has 1 amide bonds. The number of hydrogen-bond donors (Lipinski definition) is 1. The number of carbonyl (C=O) groups excluding carboxylic acids is 2. The summed E-state index contributed by atoms with van der Waals surface area (Å²) in [5.74, 6) is -0.113. The average Bonchev–Trinajstić information content (AvgIpc) is 3.18. The number of carbonyl (C=O) groups is 2. The molecular formula is C25H28N4O5S. The van der Waals surface area contributed by atoms with Crippen molar-refractivity contribution in [2.45, 2.75) is 32.6 Å². The number of nitrogens with zero attached hydrogens (tertiary/aromatic N) is 3. The van der Waals surface area contributed by atoms with Crippen molar-refractivity contribution in [3.63, 3.8) is 0 Å². The lowest BCUT2D eigenvalue weighted by Gasteiger charge is -2.35. The van der Waals surface area contributed by atoms with Crippen LogP contribution < -0.4 is 10.2 Å². The van der Waals surface area contributed by atoms with Gasteiger partial charge in [-0.1, -0.05) is 17.3 Å². The number of anilines is 2. The Morgan fingerprint density at radius 1 is 0.971 bits per heavy atom. The predicted molar refractivity (Wildman–Crippen MR) is 133 cm³/mol. The van der Waals surface area contributed by atoms with Gasteiger partial charge in [-0.25, -0.2) is 8.42 Å². The molecule has 0 unspecified atom stereocenters. The van der Waals surface area contributed by atoms with Crippen LogP contribution >= 0.6 is 0 Å². The van der Waals surface area contributed by atoms with Crippen LogP contribution in [-0.4, -0.2) is 55.7 Å². The zero-order valence-electron chi connectivity index (χ0n) is 20.2. The molecule has 1 N–H and O–H groups in total. The van der Waals surface area contributed by atoms with E-state index >= 15 is 0 Å². The number of piperazine rings is 1. The summed E-state index contributed by atoms with van der Waals surface area (Å²) in [7, 11) is -3.75. The van der Waals surface area contributed by atoms with E-state index in [0.717, 1.165) is 5.69 Å². The first-order valence-electron chi connectivity index (χ1n) is 11.3. The van der Waals surface area contributed by atoms with E-state index in [1.165, 1.54) is 18.2 Å². The van der Waals surface area contributed by atoms with Crippen LogP contribution in [0, 0.1) is 13.8 Å². The molecular weight excluding hydrogens is 468 g/mol. The standard InChI is InChI=1S/C25H28N4O5S/c1-16-5-6-21(24-17(2)27-34-25(24)26-19(4)31)15-23(16)35(32,33)29-13-11-28(12-14-29)22-9-7-20(8-10-22)18(3)30/h5-10,15H,11-14H2,1-4H3,(H,26,31). The predicted octanol–water partition coefficient (Wildman–Crippen LogP) is 3.63. The lowest BCUT2D eigenvalue weighted by Crippen LogP contribution is -2.48. The molecule has 3 aromatic rings. The minimum atomic E-state index is -3.75. The summed E-state index contributed by atoms with van der Waals surface area (Å²) in [5, 5.41) is 6.54. The van der Waals surface area contributed by atoms with Gasteiger partial charge in [0, 0.05) is 44.4 Å². The Bertz CT molecular complexity index is 1370. The van der Waals surface area contributed by atoms with E-state index in [1.807, 2.05) is 12.1 Å². The zero-order chi connectivity index (χ0) is 25.3. The molecule has 0 aliphatic carbocycles. The highest BCUT2D eigenvalue weighted by molar-refractivity contribution is 7.89. The molecule has 9 nitrogen and oxygen atoms in total. The summed E-state index contributed by atoms with van der Waals surface area (Å²) in [5.41, 5.74) is 3.93. The third-order valence-corrected chi connectivity index (χ3v) is 8.17. The number of ketones is 1. The molecule has 0 spiro atoms. The van der Waals surface area contributed by atoms with Crippen molar-refractivity contribution in [1.82, 2.24) is 9.46 Å². The maximum absolute atomic E-state index is 13.6. The largest absolute Gasteiger partial charge is 0.369 e. The van der Waals surface area contributed by atoms with E-state index in [-0.39, 0.29) is 22.5 Å². The monoisotopic (exact) mass is 496 g/mol. The Kier molecular flexibility index (Phi) is 6.77. The van der Waals surface area contributed by atoms with Gasteiger partial charge in [-0.15, -0.1) is 0 Å². The van der Waals surface area contributed by atoms with Gasteiger partial charge in [0.15, 0.2) is 5.78 Å². The van der Waals surface area contributed by atoms with E-state index in [0.29, 0.717) is 54.1 Å². The van der Waals surface area contributed by atoms with Crippen LogP contribution in [0.25, 0.3) is 11.1 Å². The van der Waals surface area contributed by atoms with Gasteiger partial charge < -0.3 is 9.42 Å². The molecule has 0 atom stereocenters. The number of Topliss-reactive ketones (excluding diaryl/α,β-unsaturated/α-hetero) is 1. The Balaban J connectivity index is 1.56. The SMILES string of the molecule is CC(=O)Nc1onc(C)c1-c1ccc(C)c(S(=O)(=O)N2CCN(c3ccc(C(C)=O)cc3)CC2)c1. The number of benzene rings is 2. The fraction of sp³-hybridized carbons (Fsp3) is 0.320. The molecule has 2 heterocycles. The van der Waals surface area contributed by atoms with Crippen LogP contribution in [-0.2, 0) is 14.8 Å². The van der Waals surface area contributed by atoms with Gasteiger partial charge in [-0.2, -0.15) is 4.31 Å². The summed E-state index contributed by atoms with van der Waals surface area (Å²) >= 11 is 0. The van der Waals surface area contributed by atoms with Gasteiger partial charge in [0.1, 0.15) is 0 Å². The quantitative estimate of drug-likeness (QED) is 0.519. The number of aryl methyl sites for hydroxylation is 2. The van der Waals surface area contributed by atoms with Crippen molar-refractivity contribution in [2.24, 2.45) is 0 Å². The maximum Gasteiger partial charge on any atom is 0.243 e. The number of amides is 1. The Labute approximate surface area is 204 Å². The first kappa shape index (κ1) is 24.6. The fourth-order valence-electron chi connectivity index (χ4n) is 4.22. The molecule has 1 fully saturated rings. The number of sulfonamides is 1. The van der Waals surface area contributed by atoms with Gasteiger partial charge in [0.05, 0.1) is 16.2 Å². The van der Waals surface area contributed by atoms with Crippen LogP contribution in [0.2, 0.25) is 0 Å². The topological polar surface area (TPSA) is 113 Å². The molecule has 0 bridgehead atoms. The van der Waals surface area contributed by atoms with Crippen LogP contribution in [0.5, 0.6) is 0 Å². The lowest BCUT2D eigenvalue weighted by atomic mass is 10.0. The summed E-state index contributed by atoms with van der Waals surface area (Å²) in [4.78, 5) is 25.4. The van der Waals surface area contributed by atoms with Gasteiger partial charge in [0.2, 0.25) is 21.8 Å². The fourth-order valence-corrected chi connectivity index (χ4v) is 5.89. The number of aromatic nitrogens is 1. The molecule has 184 valence electrons. The molecule has 1 aromatic heterocycles. The van der Waals surface area contributed by atoms with Crippen LogP contribution in [0.1, 0.15) is 35.5 Å². The minimum Gasteiger partial charge on any atom is -0.369 e. The summed E-state index contributed by atoms with van der Waals surface area (Å²) < 4.78 is 33.9.